The number of nitrogens with one attached hydrogen (secondary N) is 2. The van der Waals surface area contributed by atoms with Gasteiger partial charge in [-0.1, -0.05) is 12.1 Å². The molecule has 2 amide bonds. The molecule has 4 rings (SSSR count). The molecule has 2 aromatic heterocycles. The van der Waals surface area contributed by atoms with E-state index in [1.165, 1.54) is 0 Å². The maximum atomic E-state index is 12.6. The number of ether oxygens (including phenoxy) is 1. The minimum absolute atomic E-state index is 0.0622. The second-order valence-electron chi connectivity index (χ2n) is 8.24. The highest BCUT2D eigenvalue weighted by Crippen LogP contribution is 2.27. The Labute approximate surface area is 192 Å². The second kappa shape index (κ2) is 9.81. The highest BCUT2D eigenvalue weighted by atomic mass is 16.5. The number of rotatable bonds is 7. The highest BCUT2D eigenvalue weighted by molar-refractivity contribution is 5.92. The third kappa shape index (κ3) is 5.19. The molecule has 0 saturated carbocycles. The summed E-state index contributed by atoms with van der Waals surface area (Å²) in [5, 5.41) is 9.53. The largest absolute Gasteiger partial charge is 0.497 e. The number of carbonyl (C=O) groups is 2. The van der Waals surface area contributed by atoms with Crippen molar-refractivity contribution in [3.05, 3.63) is 70.6 Å². The van der Waals surface area contributed by atoms with Gasteiger partial charge in [-0.15, -0.1) is 0 Å². The van der Waals surface area contributed by atoms with Crippen molar-refractivity contribution in [1.29, 1.82) is 0 Å². The van der Waals surface area contributed by atoms with Crippen LogP contribution in [0.25, 0.3) is 0 Å². The van der Waals surface area contributed by atoms with E-state index in [2.05, 4.69) is 15.5 Å². The molecule has 33 heavy (non-hydrogen) atoms. The molecule has 0 radical (unpaired) electrons. The first kappa shape index (κ1) is 22.4. The van der Waals surface area contributed by atoms with Crippen molar-refractivity contribution in [2.24, 2.45) is 0 Å². The molecule has 1 fully saturated rings. The number of amides is 2. The van der Waals surface area contributed by atoms with Crippen LogP contribution in [0.4, 0.5) is 0 Å². The Morgan fingerprint density at radius 2 is 2.00 bits per heavy atom. The van der Waals surface area contributed by atoms with Crippen molar-refractivity contribution in [2.45, 2.75) is 39.2 Å². The lowest BCUT2D eigenvalue weighted by Crippen LogP contribution is -2.29. The van der Waals surface area contributed by atoms with E-state index >= 15 is 0 Å². The zero-order chi connectivity index (χ0) is 23.4. The molecule has 1 aliphatic heterocycles. The van der Waals surface area contributed by atoms with Crippen LogP contribution < -0.4 is 10.1 Å². The van der Waals surface area contributed by atoms with Crippen LogP contribution in [0.15, 0.2) is 36.5 Å². The highest BCUT2D eigenvalue weighted by Gasteiger charge is 2.31. The van der Waals surface area contributed by atoms with Crippen molar-refractivity contribution in [2.75, 3.05) is 20.2 Å². The summed E-state index contributed by atoms with van der Waals surface area (Å²) in [7, 11) is 1.62. The Morgan fingerprint density at radius 1 is 1.21 bits per heavy atom. The number of nitrogens with zero attached hydrogens (tertiary/aromatic N) is 4. The molecule has 1 aliphatic rings. The van der Waals surface area contributed by atoms with Gasteiger partial charge >= 0.3 is 0 Å². The molecule has 9 nitrogen and oxygen atoms in total. The summed E-state index contributed by atoms with van der Waals surface area (Å²) >= 11 is 0. The molecule has 0 unspecified atom stereocenters. The van der Waals surface area contributed by atoms with Gasteiger partial charge in [0.15, 0.2) is 0 Å². The average molecular weight is 449 g/mol. The average Bonchev–Trinajstić information content (AvgIpc) is 3.52. The van der Waals surface area contributed by atoms with Crippen molar-refractivity contribution < 1.29 is 14.3 Å². The molecule has 9 heteroatoms. The first-order valence-corrected chi connectivity index (χ1v) is 11.0. The van der Waals surface area contributed by atoms with Crippen LogP contribution in [-0.4, -0.2) is 57.1 Å². The smallest absolute Gasteiger partial charge is 0.271 e. The molecular weight excluding hydrogens is 420 g/mol. The van der Waals surface area contributed by atoms with E-state index in [1.54, 1.807) is 24.3 Å². The van der Waals surface area contributed by atoms with Crippen LogP contribution in [0.2, 0.25) is 0 Å². The zero-order valence-electron chi connectivity index (χ0n) is 19.1. The quantitative estimate of drug-likeness (QED) is 0.574. The van der Waals surface area contributed by atoms with Crippen LogP contribution in [0.1, 0.15) is 51.2 Å². The van der Waals surface area contributed by atoms with Crippen molar-refractivity contribution in [3.63, 3.8) is 0 Å². The minimum Gasteiger partial charge on any atom is -0.497 e. The van der Waals surface area contributed by atoms with Gasteiger partial charge < -0.3 is 15.0 Å². The number of methoxy groups -OCH3 is 1. The number of hydrogen-bond donors (Lipinski definition) is 2. The van der Waals surface area contributed by atoms with Crippen molar-refractivity contribution in [3.8, 4) is 5.75 Å². The maximum absolute atomic E-state index is 12.6. The molecule has 172 valence electrons. The normalized spacial score (nSPS) is 15.5. The van der Waals surface area contributed by atoms with Gasteiger partial charge in [0, 0.05) is 48.7 Å². The Bertz CT molecular complexity index is 1120. The summed E-state index contributed by atoms with van der Waals surface area (Å²) in [4.78, 5) is 36.3. The summed E-state index contributed by atoms with van der Waals surface area (Å²) in [6, 6.07) is 9.28. The van der Waals surface area contributed by atoms with Crippen molar-refractivity contribution in [1.82, 2.24) is 30.4 Å². The maximum Gasteiger partial charge on any atom is 0.271 e. The predicted octanol–water partition coefficient (Wildman–Crippen LogP) is 2.31. The molecular formula is C24H28N6O3. The summed E-state index contributed by atoms with van der Waals surface area (Å²) in [6.07, 6.45) is 2.60. The number of carbonyl (C=O) groups excluding carboxylic acids is 2. The Kier molecular flexibility index (Phi) is 6.67. The number of benzene rings is 1. The predicted molar refractivity (Wildman–Crippen MR) is 122 cm³/mol. The van der Waals surface area contributed by atoms with E-state index in [1.807, 2.05) is 38.1 Å². The Hall–Kier alpha value is -3.75. The molecule has 3 aromatic rings. The van der Waals surface area contributed by atoms with E-state index in [-0.39, 0.29) is 24.2 Å². The van der Waals surface area contributed by atoms with E-state index in [0.29, 0.717) is 25.3 Å². The van der Waals surface area contributed by atoms with E-state index in [9.17, 15) is 9.59 Å². The molecule has 3 heterocycles. The van der Waals surface area contributed by atoms with E-state index < -0.39 is 0 Å². The minimum atomic E-state index is -0.0856. The number of hydrogen-bond acceptors (Lipinski definition) is 6. The van der Waals surface area contributed by atoms with Crippen LogP contribution in [0.3, 0.4) is 0 Å². The summed E-state index contributed by atoms with van der Waals surface area (Å²) in [6.45, 7) is 5.46. The van der Waals surface area contributed by atoms with Gasteiger partial charge in [0.25, 0.3) is 5.91 Å². The van der Waals surface area contributed by atoms with Gasteiger partial charge in [0.05, 0.1) is 13.5 Å². The molecule has 1 aromatic carbocycles. The van der Waals surface area contributed by atoms with Crippen LogP contribution in [-0.2, 0) is 17.8 Å². The van der Waals surface area contributed by atoms with Crippen LogP contribution >= 0.6 is 0 Å². The standard InChI is InChI=1S/C24H28N6O3/c1-15-20(12-22(31)25-13-17-5-4-6-19(11-17)33-3)16(2)28-23(27-15)18-8-10-30(14-18)24(32)21-7-9-26-29-21/h4-7,9,11,18H,8,10,12-14H2,1-3H3,(H,25,31)(H,26,29)/t18-/m1/s1. The molecule has 0 bridgehead atoms. The van der Waals surface area contributed by atoms with Gasteiger partial charge in [-0.25, -0.2) is 9.97 Å². The lowest BCUT2D eigenvalue weighted by atomic mass is 10.0. The van der Waals surface area contributed by atoms with Gasteiger partial charge in [-0.2, -0.15) is 5.10 Å². The van der Waals surface area contributed by atoms with Crippen LogP contribution in [0, 0.1) is 13.8 Å². The fourth-order valence-electron chi connectivity index (χ4n) is 4.11. The fourth-order valence-corrected chi connectivity index (χ4v) is 4.11. The van der Waals surface area contributed by atoms with E-state index in [4.69, 9.17) is 14.7 Å². The summed E-state index contributed by atoms with van der Waals surface area (Å²) < 4.78 is 5.23. The molecule has 2 N–H and O–H groups in total. The SMILES string of the molecule is COc1cccc(CNC(=O)Cc2c(C)nc([C@@H]3CCN(C(=O)c4ccn[nH]4)C3)nc2C)c1. The number of aromatic amines is 1. The zero-order valence-corrected chi connectivity index (χ0v) is 19.1. The lowest BCUT2D eigenvalue weighted by Gasteiger charge is -2.16. The third-order valence-electron chi connectivity index (χ3n) is 5.97. The number of likely N-dealkylation sites (tertiary alicyclic amines) is 1. The van der Waals surface area contributed by atoms with Gasteiger partial charge in [0.2, 0.25) is 5.91 Å². The van der Waals surface area contributed by atoms with E-state index in [0.717, 1.165) is 40.5 Å². The molecule has 1 atom stereocenters. The first-order chi connectivity index (χ1) is 15.9. The number of aryl methyl sites for hydroxylation is 2. The molecule has 0 spiro atoms. The van der Waals surface area contributed by atoms with Gasteiger partial charge in [0.1, 0.15) is 17.3 Å². The van der Waals surface area contributed by atoms with Crippen LogP contribution in [0.5, 0.6) is 5.75 Å². The first-order valence-electron chi connectivity index (χ1n) is 11.0. The topological polar surface area (TPSA) is 113 Å². The second-order valence-corrected chi connectivity index (χ2v) is 8.24. The van der Waals surface area contributed by atoms with Crippen molar-refractivity contribution >= 4 is 11.8 Å². The summed E-state index contributed by atoms with van der Waals surface area (Å²) in [5.41, 5.74) is 3.89. The van der Waals surface area contributed by atoms with Gasteiger partial charge in [-0.3, -0.25) is 14.7 Å². The third-order valence-corrected chi connectivity index (χ3v) is 5.97. The lowest BCUT2D eigenvalue weighted by molar-refractivity contribution is -0.120. The summed E-state index contributed by atoms with van der Waals surface area (Å²) in [5.74, 6) is 1.41. The molecule has 1 saturated heterocycles. The Morgan fingerprint density at radius 3 is 2.70 bits per heavy atom. The molecule has 0 aliphatic carbocycles. The number of H-pyrrole nitrogens is 1. The Balaban J connectivity index is 1.38. The monoisotopic (exact) mass is 448 g/mol. The number of aromatic nitrogens is 4. The fraction of sp³-hybridized carbons (Fsp3) is 0.375. The van der Waals surface area contributed by atoms with Gasteiger partial charge in [-0.05, 0) is 44.0 Å².